The molecule has 0 spiro atoms. The van der Waals surface area contributed by atoms with E-state index in [1.165, 1.54) is 17.6 Å². The zero-order valence-corrected chi connectivity index (χ0v) is 8.77. The lowest BCUT2D eigenvalue weighted by atomic mass is 10.2. The zero-order valence-electron chi connectivity index (χ0n) is 6.37. The molecule has 0 aliphatic carbocycles. The van der Waals surface area contributed by atoms with E-state index in [2.05, 4.69) is 25.3 Å². The molecule has 0 radical (unpaired) electrons. The van der Waals surface area contributed by atoms with Gasteiger partial charge in [-0.05, 0) is 39.6 Å². The summed E-state index contributed by atoms with van der Waals surface area (Å²) in [7, 11) is 0. The molecule has 2 nitrogen and oxygen atoms in total. The quantitative estimate of drug-likeness (QED) is 0.786. The van der Waals surface area contributed by atoms with Crippen molar-refractivity contribution in [2.45, 2.75) is 0 Å². The van der Waals surface area contributed by atoms with Gasteiger partial charge in [-0.25, -0.2) is 9.37 Å². The monoisotopic (exact) mass is 258 g/mol. The average molecular weight is 259 g/mol. The number of hydrogen-bond acceptors (Lipinski definition) is 3. The molecule has 0 amide bonds. The number of nitrogens with zero attached hydrogens (tertiary/aromatic N) is 2. The van der Waals surface area contributed by atoms with Crippen LogP contribution >= 0.6 is 27.5 Å². The van der Waals surface area contributed by atoms with Crippen molar-refractivity contribution < 1.29 is 4.39 Å². The Balaban J connectivity index is 2.52. The van der Waals surface area contributed by atoms with Gasteiger partial charge < -0.3 is 0 Å². The Morgan fingerprint density at radius 1 is 1.31 bits per heavy atom. The minimum Gasteiger partial charge on any atom is -0.207 e. The third-order valence-electron chi connectivity index (χ3n) is 1.52. The fourth-order valence-electron chi connectivity index (χ4n) is 0.957. The summed E-state index contributed by atoms with van der Waals surface area (Å²) < 4.78 is 17.8. The van der Waals surface area contributed by atoms with E-state index in [1.807, 2.05) is 0 Å². The summed E-state index contributed by atoms with van der Waals surface area (Å²) in [4.78, 5) is 4.03. The van der Waals surface area contributed by atoms with Gasteiger partial charge in [-0.1, -0.05) is 12.1 Å². The molecule has 1 heterocycles. The highest BCUT2D eigenvalue weighted by atomic mass is 79.9. The summed E-state index contributed by atoms with van der Waals surface area (Å²) in [5, 5.41) is 0. The highest BCUT2D eigenvalue weighted by molar-refractivity contribution is 9.11. The second-order valence-electron chi connectivity index (χ2n) is 2.35. The van der Waals surface area contributed by atoms with E-state index in [0.29, 0.717) is 15.3 Å². The summed E-state index contributed by atoms with van der Waals surface area (Å²) in [5.74, 6) is 0.128. The SMILES string of the molecule is Fc1ccccc1-c1nsc(Br)n1. The third-order valence-corrected chi connectivity index (χ3v) is 2.63. The first kappa shape index (κ1) is 8.77. The predicted molar refractivity (Wildman–Crippen MR) is 53.0 cm³/mol. The third kappa shape index (κ3) is 1.76. The molecule has 1 aromatic heterocycles. The summed E-state index contributed by atoms with van der Waals surface area (Å²) in [5.41, 5.74) is 0.435. The molecule has 2 aromatic rings. The molecule has 0 fully saturated rings. The van der Waals surface area contributed by atoms with Crippen molar-refractivity contribution in [2.75, 3.05) is 0 Å². The van der Waals surface area contributed by atoms with Crippen LogP contribution in [0.15, 0.2) is 28.2 Å². The summed E-state index contributed by atoms with van der Waals surface area (Å²) in [6.07, 6.45) is 0. The molecular formula is C8H4BrFN2S. The van der Waals surface area contributed by atoms with E-state index in [1.54, 1.807) is 18.2 Å². The molecule has 0 aliphatic rings. The molecule has 0 saturated heterocycles. The van der Waals surface area contributed by atoms with Crippen molar-refractivity contribution >= 4 is 27.5 Å². The Kier molecular flexibility index (Phi) is 2.37. The Labute approximate surface area is 86.7 Å². The Bertz CT molecular complexity index is 430. The highest BCUT2D eigenvalue weighted by Gasteiger charge is 2.08. The molecule has 0 atom stereocenters. The van der Waals surface area contributed by atoms with Crippen molar-refractivity contribution in [3.8, 4) is 11.4 Å². The molecule has 0 saturated carbocycles. The molecular weight excluding hydrogens is 255 g/mol. The van der Waals surface area contributed by atoms with E-state index in [9.17, 15) is 4.39 Å². The highest BCUT2D eigenvalue weighted by Crippen LogP contribution is 2.23. The predicted octanol–water partition coefficient (Wildman–Crippen LogP) is 3.11. The Morgan fingerprint density at radius 2 is 2.08 bits per heavy atom. The van der Waals surface area contributed by atoms with Crippen LogP contribution in [-0.2, 0) is 0 Å². The number of aromatic nitrogens is 2. The van der Waals surface area contributed by atoms with E-state index in [-0.39, 0.29) is 5.82 Å². The number of hydrogen-bond donors (Lipinski definition) is 0. The maximum absolute atomic E-state index is 13.2. The molecule has 0 N–H and O–H groups in total. The fourth-order valence-corrected chi connectivity index (χ4v) is 1.77. The average Bonchev–Trinajstić information content (AvgIpc) is 2.53. The molecule has 13 heavy (non-hydrogen) atoms. The van der Waals surface area contributed by atoms with Gasteiger partial charge in [0.25, 0.3) is 0 Å². The van der Waals surface area contributed by atoms with E-state index >= 15 is 0 Å². The fraction of sp³-hybridized carbons (Fsp3) is 0. The van der Waals surface area contributed by atoms with Crippen LogP contribution in [0.1, 0.15) is 0 Å². The van der Waals surface area contributed by atoms with E-state index in [4.69, 9.17) is 0 Å². The van der Waals surface area contributed by atoms with Crippen molar-refractivity contribution in [1.82, 2.24) is 9.36 Å². The maximum Gasteiger partial charge on any atom is 0.179 e. The first-order chi connectivity index (χ1) is 6.27. The number of benzene rings is 1. The molecule has 1 aromatic carbocycles. The van der Waals surface area contributed by atoms with Crippen LogP contribution in [-0.4, -0.2) is 9.36 Å². The van der Waals surface area contributed by atoms with E-state index < -0.39 is 0 Å². The topological polar surface area (TPSA) is 25.8 Å². The van der Waals surface area contributed by atoms with Gasteiger partial charge in [0.15, 0.2) is 9.74 Å². The number of halogens is 2. The van der Waals surface area contributed by atoms with Crippen LogP contribution in [0.5, 0.6) is 0 Å². The lowest BCUT2D eigenvalue weighted by molar-refractivity contribution is 0.630. The smallest absolute Gasteiger partial charge is 0.179 e. The minimum atomic E-state index is -0.298. The second-order valence-corrected chi connectivity index (χ2v) is 4.38. The summed E-state index contributed by atoms with van der Waals surface area (Å²) >= 11 is 4.37. The Hall–Kier alpha value is -0.810. The van der Waals surface area contributed by atoms with Crippen molar-refractivity contribution in [3.63, 3.8) is 0 Å². The molecule has 0 aliphatic heterocycles. The van der Waals surface area contributed by atoms with Crippen LogP contribution in [0, 0.1) is 5.82 Å². The van der Waals surface area contributed by atoms with Gasteiger partial charge in [0.1, 0.15) is 5.82 Å². The second kappa shape index (κ2) is 3.51. The van der Waals surface area contributed by atoms with Crippen molar-refractivity contribution in [1.29, 1.82) is 0 Å². The van der Waals surface area contributed by atoms with Crippen LogP contribution in [0.3, 0.4) is 0 Å². The van der Waals surface area contributed by atoms with Crippen LogP contribution in [0.25, 0.3) is 11.4 Å². The molecule has 66 valence electrons. The van der Waals surface area contributed by atoms with E-state index in [0.717, 1.165) is 0 Å². The largest absolute Gasteiger partial charge is 0.207 e. The standard InChI is InChI=1S/C8H4BrFN2S/c9-8-11-7(12-13-8)5-3-1-2-4-6(5)10/h1-4H. The maximum atomic E-state index is 13.2. The van der Waals surface area contributed by atoms with Crippen LogP contribution in [0.4, 0.5) is 4.39 Å². The van der Waals surface area contributed by atoms with Crippen molar-refractivity contribution in [2.24, 2.45) is 0 Å². The molecule has 2 rings (SSSR count). The van der Waals surface area contributed by atoms with Gasteiger partial charge in [-0.2, -0.15) is 4.37 Å². The van der Waals surface area contributed by atoms with Crippen LogP contribution in [0.2, 0.25) is 0 Å². The zero-order chi connectivity index (χ0) is 9.26. The first-order valence-electron chi connectivity index (χ1n) is 3.51. The summed E-state index contributed by atoms with van der Waals surface area (Å²) in [6, 6.07) is 6.45. The van der Waals surface area contributed by atoms with Gasteiger partial charge in [-0.3, -0.25) is 0 Å². The molecule has 5 heteroatoms. The van der Waals surface area contributed by atoms with Crippen LogP contribution < -0.4 is 0 Å². The van der Waals surface area contributed by atoms with Crippen molar-refractivity contribution in [3.05, 3.63) is 34.0 Å². The van der Waals surface area contributed by atoms with Gasteiger partial charge >= 0.3 is 0 Å². The lowest BCUT2D eigenvalue weighted by Gasteiger charge is -1.95. The Morgan fingerprint density at radius 3 is 2.69 bits per heavy atom. The van der Waals surface area contributed by atoms with Gasteiger partial charge in [0.05, 0.1) is 5.56 Å². The van der Waals surface area contributed by atoms with Gasteiger partial charge in [-0.15, -0.1) is 0 Å². The first-order valence-corrected chi connectivity index (χ1v) is 5.08. The number of rotatable bonds is 1. The molecule has 0 unspecified atom stereocenters. The van der Waals surface area contributed by atoms with Gasteiger partial charge in [0.2, 0.25) is 0 Å². The van der Waals surface area contributed by atoms with Gasteiger partial charge in [0, 0.05) is 0 Å². The molecule has 0 bridgehead atoms. The summed E-state index contributed by atoms with van der Waals surface area (Å²) in [6.45, 7) is 0. The normalized spacial score (nSPS) is 10.3. The minimum absolute atomic E-state index is 0.298. The lowest BCUT2D eigenvalue weighted by Crippen LogP contribution is -1.84.